The summed E-state index contributed by atoms with van der Waals surface area (Å²) in [7, 11) is 0. The predicted octanol–water partition coefficient (Wildman–Crippen LogP) is 1.92. The van der Waals surface area contributed by atoms with Gasteiger partial charge in [0.15, 0.2) is 0 Å². The molecule has 1 aliphatic carbocycles. The number of carbonyl (C=O) groups is 2. The van der Waals surface area contributed by atoms with Gasteiger partial charge < -0.3 is 9.88 Å². The fourth-order valence-corrected chi connectivity index (χ4v) is 3.04. The number of carbonyl (C=O) groups excluding carboxylic acids is 2. The Labute approximate surface area is 112 Å². The number of Topliss-reactive ketones (excluding diaryl/α,β-unsaturated/α-hetero) is 1. The van der Waals surface area contributed by atoms with E-state index in [2.05, 4.69) is 14.9 Å². The molecule has 1 N–H and O–H groups in total. The molecule has 102 valence electrons. The number of imidazole rings is 1. The third kappa shape index (κ3) is 2.55. The van der Waals surface area contributed by atoms with Crippen molar-refractivity contribution in [1.82, 2.24) is 9.55 Å². The van der Waals surface area contributed by atoms with E-state index in [1.165, 1.54) is 6.42 Å². The van der Waals surface area contributed by atoms with Crippen molar-refractivity contribution in [3.8, 4) is 0 Å². The first-order chi connectivity index (χ1) is 9.24. The molecule has 1 saturated carbocycles. The molecular weight excluding hydrogens is 242 g/mol. The first kappa shape index (κ1) is 12.4. The van der Waals surface area contributed by atoms with Crippen LogP contribution >= 0.6 is 0 Å². The molecule has 5 nitrogen and oxygen atoms in total. The minimum Gasteiger partial charge on any atom is -0.315 e. The lowest BCUT2D eigenvalue weighted by atomic mass is 10.0. The standard InChI is InChI=1S/C14H19N3O2/c18-11-5-3-4-10(11)8-14(19)16-13-9-15-12-6-1-2-7-17(12)13/h9-10H,1-8H2,(H,16,19). The van der Waals surface area contributed by atoms with Gasteiger partial charge in [-0.3, -0.25) is 9.59 Å². The van der Waals surface area contributed by atoms with Crippen molar-refractivity contribution in [2.45, 2.75) is 51.5 Å². The maximum Gasteiger partial charge on any atom is 0.226 e. The van der Waals surface area contributed by atoms with Crippen molar-refractivity contribution in [3.05, 3.63) is 12.0 Å². The Bertz CT molecular complexity index is 507. The second kappa shape index (κ2) is 5.15. The third-order valence-corrected chi connectivity index (χ3v) is 4.10. The van der Waals surface area contributed by atoms with E-state index in [1.807, 2.05) is 0 Å². The zero-order valence-electron chi connectivity index (χ0n) is 11.0. The molecule has 0 spiro atoms. The van der Waals surface area contributed by atoms with E-state index < -0.39 is 0 Å². The number of anilines is 1. The number of rotatable bonds is 3. The van der Waals surface area contributed by atoms with Crippen LogP contribution in [-0.4, -0.2) is 21.2 Å². The van der Waals surface area contributed by atoms with Crippen LogP contribution in [0.1, 0.15) is 44.3 Å². The number of ketones is 1. The van der Waals surface area contributed by atoms with E-state index in [0.717, 1.165) is 43.9 Å². The second-order valence-corrected chi connectivity index (χ2v) is 5.48. The van der Waals surface area contributed by atoms with Crippen LogP contribution in [0.2, 0.25) is 0 Å². The van der Waals surface area contributed by atoms with Gasteiger partial charge in [0.2, 0.25) is 5.91 Å². The number of amides is 1. The summed E-state index contributed by atoms with van der Waals surface area (Å²) < 4.78 is 2.08. The molecule has 3 rings (SSSR count). The number of aryl methyl sites for hydroxylation is 1. The van der Waals surface area contributed by atoms with Gasteiger partial charge in [-0.25, -0.2) is 4.98 Å². The molecule has 0 aromatic carbocycles. The lowest BCUT2D eigenvalue weighted by molar-refractivity contribution is -0.125. The molecule has 2 aliphatic rings. The largest absolute Gasteiger partial charge is 0.315 e. The van der Waals surface area contributed by atoms with Crippen LogP contribution in [0.15, 0.2) is 6.20 Å². The number of hydrogen-bond acceptors (Lipinski definition) is 3. The van der Waals surface area contributed by atoms with Crippen LogP contribution in [-0.2, 0) is 22.6 Å². The van der Waals surface area contributed by atoms with Gasteiger partial charge in [-0.05, 0) is 25.7 Å². The van der Waals surface area contributed by atoms with E-state index in [9.17, 15) is 9.59 Å². The smallest absolute Gasteiger partial charge is 0.226 e. The van der Waals surface area contributed by atoms with E-state index in [-0.39, 0.29) is 17.6 Å². The van der Waals surface area contributed by atoms with E-state index in [0.29, 0.717) is 12.8 Å². The van der Waals surface area contributed by atoms with Gasteiger partial charge in [-0.2, -0.15) is 0 Å². The fourth-order valence-electron chi connectivity index (χ4n) is 3.04. The highest BCUT2D eigenvalue weighted by Gasteiger charge is 2.27. The van der Waals surface area contributed by atoms with Crippen molar-refractivity contribution in [2.75, 3.05) is 5.32 Å². The molecule has 5 heteroatoms. The fraction of sp³-hybridized carbons (Fsp3) is 0.643. The molecule has 1 aromatic rings. The number of fused-ring (bicyclic) bond motifs is 1. The molecule has 1 atom stereocenters. The highest BCUT2D eigenvalue weighted by atomic mass is 16.2. The normalized spacial score (nSPS) is 22.3. The summed E-state index contributed by atoms with van der Waals surface area (Å²) >= 11 is 0. The number of aromatic nitrogens is 2. The van der Waals surface area contributed by atoms with E-state index >= 15 is 0 Å². The Balaban J connectivity index is 1.63. The summed E-state index contributed by atoms with van der Waals surface area (Å²) in [6, 6.07) is 0. The molecule has 0 radical (unpaired) electrons. The quantitative estimate of drug-likeness (QED) is 0.904. The molecule has 1 aliphatic heterocycles. The topological polar surface area (TPSA) is 64.0 Å². The maximum absolute atomic E-state index is 12.0. The third-order valence-electron chi connectivity index (χ3n) is 4.10. The Morgan fingerprint density at radius 2 is 2.26 bits per heavy atom. The zero-order valence-corrected chi connectivity index (χ0v) is 11.0. The summed E-state index contributed by atoms with van der Waals surface area (Å²) in [6.45, 7) is 0.924. The van der Waals surface area contributed by atoms with Crippen LogP contribution in [0.25, 0.3) is 0 Å². The van der Waals surface area contributed by atoms with E-state index in [4.69, 9.17) is 0 Å². The van der Waals surface area contributed by atoms with Crippen molar-refractivity contribution >= 4 is 17.5 Å². The summed E-state index contributed by atoms with van der Waals surface area (Å²) in [5.41, 5.74) is 0. The van der Waals surface area contributed by atoms with Crippen LogP contribution < -0.4 is 5.32 Å². The average molecular weight is 261 g/mol. The lowest BCUT2D eigenvalue weighted by Crippen LogP contribution is -2.21. The average Bonchev–Trinajstić information content (AvgIpc) is 2.98. The number of nitrogens with one attached hydrogen (secondary N) is 1. The summed E-state index contributed by atoms with van der Waals surface area (Å²) in [5.74, 6) is 1.95. The van der Waals surface area contributed by atoms with Crippen LogP contribution in [0.4, 0.5) is 5.82 Å². The van der Waals surface area contributed by atoms with Crippen LogP contribution in [0.3, 0.4) is 0 Å². The maximum atomic E-state index is 12.0. The Hall–Kier alpha value is -1.65. The molecule has 1 aromatic heterocycles. The Kier molecular flexibility index (Phi) is 3.36. The predicted molar refractivity (Wildman–Crippen MR) is 70.8 cm³/mol. The molecule has 0 saturated heterocycles. The van der Waals surface area contributed by atoms with Gasteiger partial charge in [-0.15, -0.1) is 0 Å². The number of hydrogen-bond donors (Lipinski definition) is 1. The van der Waals surface area contributed by atoms with E-state index in [1.54, 1.807) is 6.20 Å². The summed E-state index contributed by atoms with van der Waals surface area (Å²) in [4.78, 5) is 27.9. The first-order valence-electron chi connectivity index (χ1n) is 7.11. The Morgan fingerprint density at radius 1 is 1.37 bits per heavy atom. The monoisotopic (exact) mass is 261 g/mol. The molecular formula is C14H19N3O2. The van der Waals surface area contributed by atoms with Gasteiger partial charge in [0.1, 0.15) is 17.4 Å². The lowest BCUT2D eigenvalue weighted by Gasteiger charge is -2.17. The van der Waals surface area contributed by atoms with Crippen molar-refractivity contribution in [3.63, 3.8) is 0 Å². The molecule has 1 amide bonds. The van der Waals surface area contributed by atoms with Gasteiger partial charge in [0.25, 0.3) is 0 Å². The molecule has 2 heterocycles. The van der Waals surface area contributed by atoms with Gasteiger partial charge in [-0.1, -0.05) is 0 Å². The minimum absolute atomic E-state index is 0.0616. The van der Waals surface area contributed by atoms with Crippen molar-refractivity contribution < 1.29 is 9.59 Å². The highest BCUT2D eigenvalue weighted by Crippen LogP contribution is 2.25. The van der Waals surface area contributed by atoms with Crippen LogP contribution in [0.5, 0.6) is 0 Å². The Morgan fingerprint density at radius 3 is 3.05 bits per heavy atom. The molecule has 1 fully saturated rings. The summed E-state index contributed by atoms with van der Waals surface area (Å²) in [5, 5.41) is 2.91. The minimum atomic E-state index is -0.0660. The first-order valence-corrected chi connectivity index (χ1v) is 7.11. The molecule has 1 unspecified atom stereocenters. The van der Waals surface area contributed by atoms with Gasteiger partial charge >= 0.3 is 0 Å². The number of nitrogens with zero attached hydrogens (tertiary/aromatic N) is 2. The zero-order chi connectivity index (χ0) is 13.2. The van der Waals surface area contributed by atoms with Gasteiger partial charge in [0, 0.05) is 31.7 Å². The summed E-state index contributed by atoms with van der Waals surface area (Å²) in [6.07, 6.45) is 7.76. The molecule has 0 bridgehead atoms. The van der Waals surface area contributed by atoms with Crippen LogP contribution in [0, 0.1) is 5.92 Å². The van der Waals surface area contributed by atoms with Crippen molar-refractivity contribution in [1.29, 1.82) is 0 Å². The van der Waals surface area contributed by atoms with Crippen molar-refractivity contribution in [2.24, 2.45) is 5.92 Å². The highest BCUT2D eigenvalue weighted by molar-refractivity contribution is 5.94. The molecule has 19 heavy (non-hydrogen) atoms. The SMILES string of the molecule is O=C(CC1CCCC1=O)Nc1cnc2n1CCCC2. The van der Waals surface area contributed by atoms with Gasteiger partial charge in [0.05, 0.1) is 6.20 Å². The second-order valence-electron chi connectivity index (χ2n) is 5.48.